The largest absolute Gasteiger partial charge is 0.449 e. The summed E-state index contributed by atoms with van der Waals surface area (Å²) in [4.78, 5) is 35.1. The summed E-state index contributed by atoms with van der Waals surface area (Å²) < 4.78 is 10.2. The fourth-order valence-electron chi connectivity index (χ4n) is 2.41. The fraction of sp³-hybridized carbons (Fsp3) is 0.318. The zero-order valence-corrected chi connectivity index (χ0v) is 16.5. The van der Waals surface area contributed by atoms with Crippen LogP contribution in [0.2, 0.25) is 0 Å². The van der Waals surface area contributed by atoms with Gasteiger partial charge in [0.1, 0.15) is 5.75 Å². The van der Waals surface area contributed by atoms with Crippen LogP contribution in [0.3, 0.4) is 0 Å². The summed E-state index contributed by atoms with van der Waals surface area (Å²) in [5, 5.41) is 2.74. The third-order valence-electron chi connectivity index (χ3n) is 3.91. The van der Waals surface area contributed by atoms with Crippen molar-refractivity contribution in [2.45, 2.75) is 33.8 Å². The van der Waals surface area contributed by atoms with Crippen LogP contribution in [0.5, 0.6) is 5.75 Å². The molecule has 0 aromatic heterocycles. The van der Waals surface area contributed by atoms with Crippen LogP contribution < -0.4 is 10.1 Å². The van der Waals surface area contributed by atoms with Crippen LogP contribution in [-0.4, -0.2) is 30.5 Å². The minimum absolute atomic E-state index is 0.313. The summed E-state index contributed by atoms with van der Waals surface area (Å²) >= 11 is 0. The molecule has 6 heteroatoms. The van der Waals surface area contributed by atoms with Crippen LogP contribution in [-0.2, 0) is 14.3 Å². The third kappa shape index (κ3) is 6.23. The van der Waals surface area contributed by atoms with Crippen LogP contribution in [0.4, 0.5) is 0 Å². The van der Waals surface area contributed by atoms with E-state index in [1.807, 2.05) is 26.0 Å². The van der Waals surface area contributed by atoms with E-state index in [0.717, 1.165) is 11.1 Å². The molecule has 1 atom stereocenters. The fourth-order valence-corrected chi connectivity index (χ4v) is 2.41. The van der Waals surface area contributed by atoms with Gasteiger partial charge in [-0.15, -0.1) is 0 Å². The average molecular weight is 383 g/mol. The van der Waals surface area contributed by atoms with Gasteiger partial charge in [-0.3, -0.25) is 9.59 Å². The molecule has 0 unspecified atom stereocenters. The van der Waals surface area contributed by atoms with Gasteiger partial charge in [0, 0.05) is 13.5 Å². The number of carbonyl (C=O) groups excluding carboxylic acids is 3. The number of hydrogen-bond acceptors (Lipinski definition) is 5. The van der Waals surface area contributed by atoms with Gasteiger partial charge < -0.3 is 14.8 Å². The number of amides is 1. The molecule has 6 nitrogen and oxygen atoms in total. The Morgan fingerprint density at radius 3 is 1.93 bits per heavy atom. The maximum absolute atomic E-state index is 12.2. The van der Waals surface area contributed by atoms with Crippen LogP contribution in [0.15, 0.2) is 48.5 Å². The highest BCUT2D eigenvalue weighted by Gasteiger charge is 2.18. The van der Waals surface area contributed by atoms with E-state index in [-0.39, 0.29) is 11.9 Å². The second-order valence-corrected chi connectivity index (χ2v) is 6.88. The van der Waals surface area contributed by atoms with E-state index in [4.69, 9.17) is 9.47 Å². The zero-order valence-electron chi connectivity index (χ0n) is 16.5. The Balaban J connectivity index is 1.98. The van der Waals surface area contributed by atoms with Crippen molar-refractivity contribution in [2.24, 2.45) is 5.92 Å². The molecule has 0 radical (unpaired) electrons. The number of esters is 2. The normalized spacial score (nSPS) is 11.6. The Hall–Kier alpha value is -3.15. The summed E-state index contributed by atoms with van der Waals surface area (Å²) in [5.41, 5.74) is 2.18. The Morgan fingerprint density at radius 1 is 0.893 bits per heavy atom. The van der Waals surface area contributed by atoms with Crippen molar-refractivity contribution >= 4 is 17.8 Å². The summed E-state index contributed by atoms with van der Waals surface area (Å²) in [6.45, 7) is 7.41. The molecule has 1 amide bonds. The second-order valence-electron chi connectivity index (χ2n) is 6.88. The summed E-state index contributed by atoms with van der Waals surface area (Å²) in [7, 11) is 0. The Labute approximate surface area is 164 Å². The van der Waals surface area contributed by atoms with Gasteiger partial charge in [0.15, 0.2) is 6.10 Å². The molecule has 0 saturated carbocycles. The van der Waals surface area contributed by atoms with Crippen molar-refractivity contribution in [2.75, 3.05) is 6.54 Å². The van der Waals surface area contributed by atoms with Gasteiger partial charge >= 0.3 is 11.9 Å². The maximum atomic E-state index is 12.2. The number of nitrogens with one attached hydrogen (secondary N) is 1. The SMILES string of the molecule is CC(=O)Oc1ccc(-c2ccc(C(=O)O[C@H](C)C(=O)NCC(C)C)cc2)cc1. The van der Waals surface area contributed by atoms with Crippen molar-refractivity contribution in [3.63, 3.8) is 0 Å². The van der Waals surface area contributed by atoms with E-state index in [1.54, 1.807) is 43.3 Å². The number of ether oxygens (including phenoxy) is 2. The van der Waals surface area contributed by atoms with E-state index in [2.05, 4.69) is 5.32 Å². The number of benzene rings is 2. The molecule has 148 valence electrons. The molecule has 28 heavy (non-hydrogen) atoms. The second kappa shape index (κ2) is 9.69. The lowest BCUT2D eigenvalue weighted by molar-refractivity contribution is -0.132. The van der Waals surface area contributed by atoms with Crippen molar-refractivity contribution in [3.8, 4) is 16.9 Å². The molecule has 0 aliphatic carbocycles. The monoisotopic (exact) mass is 383 g/mol. The predicted octanol–water partition coefficient (Wildman–Crippen LogP) is 3.60. The number of rotatable bonds is 7. The molecule has 2 aromatic rings. The highest BCUT2D eigenvalue weighted by Crippen LogP contribution is 2.23. The smallest absolute Gasteiger partial charge is 0.338 e. The molecule has 2 rings (SSSR count). The van der Waals surface area contributed by atoms with E-state index in [9.17, 15) is 14.4 Å². The Bertz CT molecular complexity index is 825. The van der Waals surface area contributed by atoms with Crippen LogP contribution in [0.25, 0.3) is 11.1 Å². The molecule has 0 aliphatic rings. The standard InChI is InChI=1S/C22H25NO5/c1-14(2)13-23-21(25)15(3)27-22(26)19-7-5-17(6-8-19)18-9-11-20(12-10-18)28-16(4)24/h5-12,14-15H,13H2,1-4H3,(H,23,25)/t15-/m1/s1. The lowest BCUT2D eigenvalue weighted by atomic mass is 10.0. The predicted molar refractivity (Wildman–Crippen MR) is 106 cm³/mol. The topological polar surface area (TPSA) is 81.7 Å². The summed E-state index contributed by atoms with van der Waals surface area (Å²) in [6, 6.07) is 13.9. The van der Waals surface area contributed by atoms with Crippen LogP contribution in [0, 0.1) is 5.92 Å². The Kier molecular flexibility index (Phi) is 7.32. The first-order valence-electron chi connectivity index (χ1n) is 9.14. The molecule has 2 aromatic carbocycles. The highest BCUT2D eigenvalue weighted by atomic mass is 16.5. The molecule has 1 N–H and O–H groups in total. The van der Waals surface area contributed by atoms with Gasteiger partial charge in [-0.2, -0.15) is 0 Å². The van der Waals surface area contributed by atoms with E-state index in [1.165, 1.54) is 6.92 Å². The minimum Gasteiger partial charge on any atom is -0.449 e. The molecule has 0 saturated heterocycles. The molecular weight excluding hydrogens is 358 g/mol. The van der Waals surface area contributed by atoms with Crippen molar-refractivity contribution in [1.82, 2.24) is 5.32 Å². The van der Waals surface area contributed by atoms with E-state index >= 15 is 0 Å². The summed E-state index contributed by atoms with van der Waals surface area (Å²) in [5.74, 6) is -0.443. The molecular formula is C22H25NO5. The van der Waals surface area contributed by atoms with Gasteiger partial charge in [0.05, 0.1) is 5.56 Å². The summed E-state index contributed by atoms with van der Waals surface area (Å²) in [6.07, 6.45) is -0.861. The Morgan fingerprint density at radius 2 is 1.43 bits per heavy atom. The van der Waals surface area contributed by atoms with Gasteiger partial charge in [0.2, 0.25) is 0 Å². The number of hydrogen-bond donors (Lipinski definition) is 1. The lowest BCUT2D eigenvalue weighted by Gasteiger charge is -2.14. The number of carbonyl (C=O) groups is 3. The molecule has 0 aliphatic heterocycles. The molecule has 0 heterocycles. The third-order valence-corrected chi connectivity index (χ3v) is 3.91. The quantitative estimate of drug-likeness (QED) is 0.584. The zero-order chi connectivity index (χ0) is 20.7. The van der Waals surface area contributed by atoms with Crippen LogP contribution >= 0.6 is 0 Å². The van der Waals surface area contributed by atoms with E-state index in [0.29, 0.717) is 23.8 Å². The lowest BCUT2D eigenvalue weighted by Crippen LogP contribution is -2.37. The first-order chi connectivity index (χ1) is 13.3. The molecule has 0 fully saturated rings. The highest BCUT2D eigenvalue weighted by molar-refractivity contribution is 5.92. The minimum atomic E-state index is -0.861. The maximum Gasteiger partial charge on any atom is 0.338 e. The van der Waals surface area contributed by atoms with Crippen LogP contribution in [0.1, 0.15) is 38.1 Å². The first kappa shape index (κ1) is 21.2. The van der Waals surface area contributed by atoms with Crippen molar-refractivity contribution in [1.29, 1.82) is 0 Å². The molecule has 0 bridgehead atoms. The van der Waals surface area contributed by atoms with Gasteiger partial charge in [0.25, 0.3) is 5.91 Å². The van der Waals surface area contributed by atoms with Crippen molar-refractivity contribution in [3.05, 3.63) is 54.1 Å². The molecule has 0 spiro atoms. The first-order valence-corrected chi connectivity index (χ1v) is 9.14. The van der Waals surface area contributed by atoms with Gasteiger partial charge in [-0.25, -0.2) is 4.79 Å². The average Bonchev–Trinajstić information content (AvgIpc) is 2.66. The van der Waals surface area contributed by atoms with Gasteiger partial charge in [-0.05, 0) is 48.2 Å². The van der Waals surface area contributed by atoms with Gasteiger partial charge in [-0.1, -0.05) is 38.1 Å². The van der Waals surface area contributed by atoms with E-state index < -0.39 is 12.1 Å². The van der Waals surface area contributed by atoms with Crippen molar-refractivity contribution < 1.29 is 23.9 Å².